The summed E-state index contributed by atoms with van der Waals surface area (Å²) < 4.78 is 5.11. The Morgan fingerprint density at radius 3 is 2.59 bits per heavy atom. The first kappa shape index (κ1) is 18.4. The highest BCUT2D eigenvalue weighted by atomic mass is 16.5. The predicted octanol–water partition coefficient (Wildman–Crippen LogP) is 3.35. The molecule has 0 amide bonds. The van der Waals surface area contributed by atoms with Gasteiger partial charge in [0, 0.05) is 42.7 Å². The van der Waals surface area contributed by atoms with Gasteiger partial charge in [0.1, 0.15) is 6.04 Å². The number of carbonyl (C=O) groups excluding carboxylic acids is 1. The number of rotatable bonds is 3. The highest BCUT2D eigenvalue weighted by molar-refractivity contribution is 5.87. The van der Waals surface area contributed by atoms with E-state index in [9.17, 15) is 4.79 Å². The van der Waals surface area contributed by atoms with Crippen LogP contribution in [-0.2, 0) is 28.0 Å². The normalized spacial score (nSPS) is 21.2. The number of esters is 1. The average molecular weight is 389 g/mol. The van der Waals surface area contributed by atoms with Crippen LogP contribution in [0.4, 0.5) is 0 Å². The first-order valence-electron chi connectivity index (χ1n) is 10.4. The second-order valence-corrected chi connectivity index (χ2v) is 8.29. The highest BCUT2D eigenvalue weighted by Gasteiger charge is 2.46. The Kier molecular flexibility index (Phi) is 4.64. The molecule has 3 heterocycles. The lowest BCUT2D eigenvalue weighted by Gasteiger charge is -2.46. The van der Waals surface area contributed by atoms with E-state index in [0.29, 0.717) is 6.42 Å². The Morgan fingerprint density at radius 2 is 1.83 bits per heavy atom. The zero-order valence-corrected chi connectivity index (χ0v) is 16.8. The van der Waals surface area contributed by atoms with E-state index in [1.54, 1.807) is 0 Å². The van der Waals surface area contributed by atoms with Crippen LogP contribution in [0.25, 0.3) is 10.9 Å². The Bertz CT molecular complexity index is 1020. The number of fused-ring (bicyclic) bond motifs is 4. The molecular formula is C24H27N3O2. The molecule has 5 rings (SSSR count). The van der Waals surface area contributed by atoms with Crippen molar-refractivity contribution in [2.45, 2.75) is 37.4 Å². The standard InChI is InChI=1S/C24H27N3O2/c1-29-23(28)21-15-19-18-9-5-6-10-20(18)25-22(19)24(26-21)11-13-27(14-12-24)16-17-7-3-2-4-8-17/h2-10,21,25-26H,11-16H2,1H3/t21-/m1/s1. The number of benzene rings is 2. The fourth-order valence-electron chi connectivity index (χ4n) is 5.09. The maximum absolute atomic E-state index is 12.5. The van der Waals surface area contributed by atoms with Crippen LogP contribution in [0.1, 0.15) is 29.7 Å². The van der Waals surface area contributed by atoms with Gasteiger partial charge in [0.25, 0.3) is 0 Å². The molecule has 2 N–H and O–H groups in total. The smallest absolute Gasteiger partial charge is 0.323 e. The molecule has 1 fully saturated rings. The fraction of sp³-hybridized carbons (Fsp3) is 0.375. The van der Waals surface area contributed by atoms with Crippen molar-refractivity contribution in [1.82, 2.24) is 15.2 Å². The van der Waals surface area contributed by atoms with Crippen LogP contribution in [0.2, 0.25) is 0 Å². The average Bonchev–Trinajstić information content (AvgIpc) is 3.15. The van der Waals surface area contributed by atoms with E-state index in [4.69, 9.17) is 4.74 Å². The molecule has 150 valence electrons. The van der Waals surface area contributed by atoms with Gasteiger partial charge in [0.05, 0.1) is 12.6 Å². The van der Waals surface area contributed by atoms with Crippen LogP contribution in [0.5, 0.6) is 0 Å². The number of nitrogens with zero attached hydrogens (tertiary/aromatic N) is 1. The van der Waals surface area contributed by atoms with E-state index in [2.05, 4.69) is 69.8 Å². The number of aromatic amines is 1. The Morgan fingerprint density at radius 1 is 1.10 bits per heavy atom. The van der Waals surface area contributed by atoms with E-state index in [-0.39, 0.29) is 17.6 Å². The van der Waals surface area contributed by atoms with Crippen molar-refractivity contribution in [3.8, 4) is 0 Å². The molecule has 0 radical (unpaired) electrons. The summed E-state index contributed by atoms with van der Waals surface area (Å²) in [5, 5.41) is 4.91. The van der Waals surface area contributed by atoms with E-state index >= 15 is 0 Å². The highest BCUT2D eigenvalue weighted by Crippen LogP contribution is 2.41. The van der Waals surface area contributed by atoms with Crippen molar-refractivity contribution < 1.29 is 9.53 Å². The van der Waals surface area contributed by atoms with Crippen LogP contribution in [-0.4, -0.2) is 42.1 Å². The number of hydrogen-bond acceptors (Lipinski definition) is 4. The van der Waals surface area contributed by atoms with Gasteiger partial charge in [-0.25, -0.2) is 0 Å². The number of hydrogen-bond donors (Lipinski definition) is 2. The SMILES string of the molecule is COC(=O)[C@H]1Cc2c([nH]c3ccccc23)C2(CCN(Cc3ccccc3)CC2)N1. The van der Waals surface area contributed by atoms with Crippen LogP contribution >= 0.6 is 0 Å². The van der Waals surface area contributed by atoms with Crippen molar-refractivity contribution >= 4 is 16.9 Å². The molecule has 3 aromatic rings. The van der Waals surface area contributed by atoms with Crippen molar-refractivity contribution in [3.05, 3.63) is 71.4 Å². The molecule has 5 nitrogen and oxygen atoms in total. The van der Waals surface area contributed by atoms with Crippen molar-refractivity contribution in [1.29, 1.82) is 0 Å². The molecule has 5 heteroatoms. The molecule has 1 atom stereocenters. The van der Waals surface area contributed by atoms with Gasteiger partial charge < -0.3 is 9.72 Å². The first-order valence-corrected chi connectivity index (χ1v) is 10.4. The number of carbonyl (C=O) groups is 1. The minimum atomic E-state index is -0.299. The van der Waals surface area contributed by atoms with Gasteiger partial charge in [-0.05, 0) is 30.0 Å². The number of aromatic nitrogens is 1. The fourth-order valence-corrected chi connectivity index (χ4v) is 5.09. The predicted molar refractivity (Wildman–Crippen MR) is 114 cm³/mol. The molecule has 0 saturated carbocycles. The van der Waals surface area contributed by atoms with E-state index in [0.717, 1.165) is 38.0 Å². The maximum Gasteiger partial charge on any atom is 0.323 e. The molecule has 0 aliphatic carbocycles. The second-order valence-electron chi connectivity index (χ2n) is 8.29. The number of para-hydroxylation sites is 1. The maximum atomic E-state index is 12.5. The van der Waals surface area contributed by atoms with Crippen molar-refractivity contribution in [3.63, 3.8) is 0 Å². The molecule has 2 aliphatic heterocycles. The first-order chi connectivity index (χ1) is 14.2. The summed E-state index contributed by atoms with van der Waals surface area (Å²) in [5.74, 6) is -0.174. The third kappa shape index (κ3) is 3.24. The molecule has 2 aliphatic rings. The lowest BCUT2D eigenvalue weighted by molar-refractivity contribution is -0.144. The number of piperidine rings is 1. The van der Waals surface area contributed by atoms with Crippen molar-refractivity contribution in [2.75, 3.05) is 20.2 Å². The molecule has 29 heavy (non-hydrogen) atoms. The minimum absolute atomic E-state index is 0.174. The van der Waals surface area contributed by atoms with Gasteiger partial charge in [-0.3, -0.25) is 15.0 Å². The summed E-state index contributed by atoms with van der Waals surface area (Å²) in [6, 6.07) is 18.7. The molecule has 0 bridgehead atoms. The number of H-pyrrole nitrogens is 1. The third-order valence-corrected chi connectivity index (χ3v) is 6.60. The largest absolute Gasteiger partial charge is 0.468 e. The van der Waals surface area contributed by atoms with E-state index < -0.39 is 0 Å². The number of ether oxygens (including phenoxy) is 1. The number of likely N-dealkylation sites (tertiary alicyclic amines) is 1. The van der Waals surface area contributed by atoms with E-state index in [1.165, 1.54) is 29.3 Å². The van der Waals surface area contributed by atoms with Gasteiger partial charge in [-0.15, -0.1) is 0 Å². The van der Waals surface area contributed by atoms with Gasteiger partial charge >= 0.3 is 5.97 Å². The Hall–Kier alpha value is -2.63. The second kappa shape index (κ2) is 7.32. The summed E-state index contributed by atoms with van der Waals surface area (Å²) in [4.78, 5) is 18.7. The quantitative estimate of drug-likeness (QED) is 0.675. The zero-order chi connectivity index (χ0) is 19.8. The summed E-state index contributed by atoms with van der Waals surface area (Å²) >= 11 is 0. The molecular weight excluding hydrogens is 362 g/mol. The third-order valence-electron chi connectivity index (χ3n) is 6.60. The summed E-state index contributed by atoms with van der Waals surface area (Å²) in [5.41, 5.74) is 4.82. The molecule has 1 aromatic heterocycles. The number of methoxy groups -OCH3 is 1. The van der Waals surface area contributed by atoms with Gasteiger partial charge in [-0.1, -0.05) is 48.5 Å². The summed E-state index contributed by atoms with van der Waals surface area (Å²) in [7, 11) is 1.48. The Labute approximate surface area is 171 Å². The van der Waals surface area contributed by atoms with Gasteiger partial charge in [0.15, 0.2) is 0 Å². The Balaban J connectivity index is 1.45. The molecule has 1 saturated heterocycles. The van der Waals surface area contributed by atoms with Gasteiger partial charge in [0.2, 0.25) is 0 Å². The van der Waals surface area contributed by atoms with Crippen LogP contribution in [0, 0.1) is 0 Å². The zero-order valence-electron chi connectivity index (χ0n) is 16.8. The lowest BCUT2D eigenvalue weighted by atomic mass is 9.77. The van der Waals surface area contributed by atoms with Crippen LogP contribution in [0.15, 0.2) is 54.6 Å². The van der Waals surface area contributed by atoms with Crippen LogP contribution in [0.3, 0.4) is 0 Å². The summed E-state index contributed by atoms with van der Waals surface area (Å²) in [6.45, 7) is 2.95. The lowest BCUT2D eigenvalue weighted by Crippen LogP contribution is -2.59. The molecule has 1 spiro atoms. The minimum Gasteiger partial charge on any atom is -0.468 e. The van der Waals surface area contributed by atoms with Crippen molar-refractivity contribution in [2.24, 2.45) is 0 Å². The monoisotopic (exact) mass is 389 g/mol. The van der Waals surface area contributed by atoms with Crippen LogP contribution < -0.4 is 5.32 Å². The number of nitrogens with one attached hydrogen (secondary N) is 2. The molecule has 0 unspecified atom stereocenters. The summed E-state index contributed by atoms with van der Waals surface area (Å²) in [6.07, 6.45) is 2.60. The van der Waals surface area contributed by atoms with E-state index in [1.807, 2.05) is 0 Å². The van der Waals surface area contributed by atoms with Gasteiger partial charge in [-0.2, -0.15) is 0 Å². The topological polar surface area (TPSA) is 57.4 Å². The molecule has 2 aromatic carbocycles.